The Bertz CT molecular complexity index is 1170. The zero-order chi connectivity index (χ0) is 27.2. The number of carbonyl (C=O) groups excluding carboxylic acids is 2. The summed E-state index contributed by atoms with van der Waals surface area (Å²) in [7, 11) is -1.13. The van der Waals surface area contributed by atoms with Gasteiger partial charge in [0.1, 0.15) is 12.6 Å². The van der Waals surface area contributed by atoms with E-state index >= 15 is 0 Å². The number of nitrogens with zero attached hydrogens (tertiary/aromatic N) is 3. The molecule has 10 heteroatoms. The average molecular weight is 582 g/mol. The number of hydrogen-bond acceptors (Lipinski definition) is 4. The minimum atomic E-state index is -3.99. The van der Waals surface area contributed by atoms with Crippen molar-refractivity contribution in [3.63, 3.8) is 0 Å². The molecule has 0 aromatic heterocycles. The Morgan fingerprint density at radius 2 is 1.61 bits per heavy atom. The molecule has 1 atom stereocenters. The van der Waals surface area contributed by atoms with Crippen LogP contribution >= 0.6 is 15.9 Å². The van der Waals surface area contributed by atoms with Crippen molar-refractivity contribution >= 4 is 43.6 Å². The Morgan fingerprint density at radius 1 is 1.00 bits per heavy atom. The van der Waals surface area contributed by atoms with Crippen molar-refractivity contribution in [3.8, 4) is 0 Å². The number of rotatable bonds is 11. The predicted molar refractivity (Wildman–Crippen MR) is 148 cm³/mol. The van der Waals surface area contributed by atoms with Gasteiger partial charge in [-0.1, -0.05) is 54.0 Å². The second kappa shape index (κ2) is 12.7. The quantitative estimate of drug-likeness (QED) is 0.437. The van der Waals surface area contributed by atoms with Crippen LogP contribution in [0.5, 0.6) is 0 Å². The number of halogens is 1. The van der Waals surface area contributed by atoms with Crippen LogP contribution in [-0.2, 0) is 26.3 Å². The lowest BCUT2D eigenvalue weighted by Gasteiger charge is -2.33. The van der Waals surface area contributed by atoms with Crippen molar-refractivity contribution in [1.29, 1.82) is 0 Å². The second-order valence-corrected chi connectivity index (χ2v) is 12.5. The van der Waals surface area contributed by atoms with E-state index in [9.17, 15) is 18.0 Å². The summed E-state index contributed by atoms with van der Waals surface area (Å²) in [6, 6.07) is 12.1. The third kappa shape index (κ3) is 7.78. The summed E-state index contributed by atoms with van der Waals surface area (Å²) in [5.41, 5.74) is 2.84. The lowest BCUT2D eigenvalue weighted by Crippen LogP contribution is -2.52. The molecular weight excluding hydrogens is 544 g/mol. The highest BCUT2D eigenvalue weighted by atomic mass is 79.9. The molecule has 0 radical (unpaired) electrons. The van der Waals surface area contributed by atoms with Crippen LogP contribution in [0.15, 0.2) is 46.9 Å². The molecule has 0 unspecified atom stereocenters. The van der Waals surface area contributed by atoms with Crippen molar-refractivity contribution in [2.45, 2.75) is 47.2 Å². The summed E-state index contributed by atoms with van der Waals surface area (Å²) in [6.45, 7) is 9.51. The first kappa shape index (κ1) is 29.8. The van der Waals surface area contributed by atoms with E-state index in [1.165, 1.54) is 19.0 Å². The molecule has 0 aliphatic carbocycles. The molecule has 2 aromatic rings. The minimum Gasteiger partial charge on any atom is -0.354 e. The van der Waals surface area contributed by atoms with E-state index in [4.69, 9.17) is 0 Å². The summed E-state index contributed by atoms with van der Waals surface area (Å²) in [5, 5.41) is 2.88. The Balaban J connectivity index is 2.48. The van der Waals surface area contributed by atoms with Gasteiger partial charge in [0.25, 0.3) is 0 Å². The van der Waals surface area contributed by atoms with Gasteiger partial charge in [0, 0.05) is 31.7 Å². The molecule has 2 amide bonds. The standard InChI is InChI=1S/C26H37BrN4O4S/c1-18(2)15-28-26(33)21(5)30(16-22-10-12-23(27)13-11-22)25(32)17-31(36(34,35)29(6)7)24-14-19(3)8-9-20(24)4/h8-14,18,21H,15-17H2,1-7H3,(H,28,33)/t21-/m1/s1. The smallest absolute Gasteiger partial charge is 0.304 e. The molecule has 1 N–H and O–H groups in total. The third-order valence-electron chi connectivity index (χ3n) is 5.77. The molecule has 2 aromatic carbocycles. The van der Waals surface area contributed by atoms with Crippen molar-refractivity contribution in [2.24, 2.45) is 5.92 Å². The van der Waals surface area contributed by atoms with Gasteiger partial charge < -0.3 is 10.2 Å². The van der Waals surface area contributed by atoms with Gasteiger partial charge in [-0.2, -0.15) is 12.7 Å². The van der Waals surface area contributed by atoms with Gasteiger partial charge in [-0.25, -0.2) is 4.31 Å². The number of hydrogen-bond donors (Lipinski definition) is 1. The number of nitrogens with one attached hydrogen (secondary N) is 1. The summed E-state index contributed by atoms with van der Waals surface area (Å²) >= 11 is 3.41. The Kier molecular flexibility index (Phi) is 10.5. The van der Waals surface area contributed by atoms with Crippen LogP contribution < -0.4 is 9.62 Å². The Labute approximate surface area is 224 Å². The average Bonchev–Trinajstić information content (AvgIpc) is 2.81. The molecule has 0 heterocycles. The lowest BCUT2D eigenvalue weighted by atomic mass is 10.1. The summed E-state index contributed by atoms with van der Waals surface area (Å²) in [6.07, 6.45) is 0. The van der Waals surface area contributed by atoms with E-state index in [1.807, 2.05) is 57.2 Å². The highest BCUT2D eigenvalue weighted by molar-refractivity contribution is 9.10. The van der Waals surface area contributed by atoms with Crippen molar-refractivity contribution in [3.05, 3.63) is 63.6 Å². The van der Waals surface area contributed by atoms with Crippen LogP contribution in [0.4, 0.5) is 5.69 Å². The topological polar surface area (TPSA) is 90.0 Å². The third-order valence-corrected chi connectivity index (χ3v) is 8.10. The van der Waals surface area contributed by atoms with E-state index in [-0.39, 0.29) is 18.4 Å². The van der Waals surface area contributed by atoms with Crippen molar-refractivity contribution in [1.82, 2.24) is 14.5 Å². The monoisotopic (exact) mass is 580 g/mol. The molecule has 0 bridgehead atoms. The van der Waals surface area contributed by atoms with Gasteiger partial charge in [0.05, 0.1) is 5.69 Å². The van der Waals surface area contributed by atoms with Crippen LogP contribution in [0.2, 0.25) is 0 Å². The summed E-state index contributed by atoms with van der Waals surface area (Å²) < 4.78 is 29.7. The fourth-order valence-electron chi connectivity index (χ4n) is 3.51. The Morgan fingerprint density at radius 3 is 2.17 bits per heavy atom. The molecule has 8 nitrogen and oxygen atoms in total. The highest BCUT2D eigenvalue weighted by Crippen LogP contribution is 2.26. The van der Waals surface area contributed by atoms with Gasteiger partial charge in [0.2, 0.25) is 11.8 Å². The summed E-state index contributed by atoms with van der Waals surface area (Å²) in [4.78, 5) is 28.1. The normalized spacial score (nSPS) is 12.5. The zero-order valence-corrected chi connectivity index (χ0v) is 24.5. The van der Waals surface area contributed by atoms with Gasteiger partial charge in [0.15, 0.2) is 0 Å². The molecule has 0 saturated heterocycles. The number of benzene rings is 2. The van der Waals surface area contributed by atoms with E-state index in [1.54, 1.807) is 19.9 Å². The number of amides is 2. The summed E-state index contributed by atoms with van der Waals surface area (Å²) in [5.74, 6) is -0.513. The van der Waals surface area contributed by atoms with E-state index < -0.39 is 28.7 Å². The highest BCUT2D eigenvalue weighted by Gasteiger charge is 2.33. The van der Waals surface area contributed by atoms with Gasteiger partial charge >= 0.3 is 10.2 Å². The molecular formula is C26H37BrN4O4S. The predicted octanol–water partition coefficient (Wildman–Crippen LogP) is 3.87. The minimum absolute atomic E-state index is 0.158. The maximum absolute atomic E-state index is 13.8. The van der Waals surface area contributed by atoms with Crippen LogP contribution in [0.25, 0.3) is 0 Å². The second-order valence-electron chi connectivity index (χ2n) is 9.55. The first-order chi connectivity index (χ1) is 16.7. The number of aryl methyl sites for hydroxylation is 2. The van der Waals surface area contributed by atoms with E-state index in [0.29, 0.717) is 12.2 Å². The molecule has 2 rings (SSSR count). The zero-order valence-electron chi connectivity index (χ0n) is 22.1. The van der Waals surface area contributed by atoms with E-state index in [2.05, 4.69) is 21.2 Å². The SMILES string of the molecule is Cc1ccc(C)c(N(CC(=O)N(Cc2ccc(Br)cc2)[C@H](C)C(=O)NCC(C)C)S(=O)(=O)N(C)C)c1. The molecule has 36 heavy (non-hydrogen) atoms. The molecule has 0 saturated carbocycles. The van der Waals surface area contributed by atoms with Crippen molar-refractivity contribution < 1.29 is 18.0 Å². The molecule has 0 fully saturated rings. The van der Waals surface area contributed by atoms with Crippen LogP contribution in [0.3, 0.4) is 0 Å². The maximum Gasteiger partial charge on any atom is 0.304 e. The number of anilines is 1. The fraction of sp³-hybridized carbons (Fsp3) is 0.462. The largest absolute Gasteiger partial charge is 0.354 e. The van der Waals surface area contributed by atoms with Gasteiger partial charge in [-0.05, 0) is 61.6 Å². The van der Waals surface area contributed by atoms with Crippen molar-refractivity contribution in [2.75, 3.05) is 31.5 Å². The van der Waals surface area contributed by atoms with E-state index in [0.717, 1.165) is 29.8 Å². The molecule has 198 valence electrons. The van der Waals surface area contributed by atoms with Crippen LogP contribution in [-0.4, -0.2) is 62.7 Å². The Hall–Kier alpha value is -2.43. The number of carbonyl (C=O) groups is 2. The molecule has 0 aliphatic heterocycles. The first-order valence-corrected chi connectivity index (χ1v) is 14.0. The van der Waals surface area contributed by atoms with Crippen LogP contribution in [0.1, 0.15) is 37.5 Å². The van der Waals surface area contributed by atoms with Crippen LogP contribution in [0, 0.1) is 19.8 Å². The first-order valence-electron chi connectivity index (χ1n) is 11.8. The molecule has 0 spiro atoms. The van der Waals surface area contributed by atoms with Gasteiger partial charge in [-0.15, -0.1) is 0 Å². The maximum atomic E-state index is 13.8. The lowest BCUT2D eigenvalue weighted by molar-refractivity contribution is -0.139. The van der Waals surface area contributed by atoms with Gasteiger partial charge in [-0.3, -0.25) is 9.59 Å². The fourth-order valence-corrected chi connectivity index (χ4v) is 4.89. The molecule has 0 aliphatic rings.